The second-order valence-corrected chi connectivity index (χ2v) is 5.51. The number of nitrogens with one attached hydrogen (secondary N) is 1. The van der Waals surface area contributed by atoms with E-state index in [0.717, 1.165) is 6.42 Å². The number of hydrogen-bond acceptors (Lipinski definition) is 2. The van der Waals surface area contributed by atoms with Crippen molar-refractivity contribution in [2.24, 2.45) is 17.6 Å². The Morgan fingerprint density at radius 1 is 1.27 bits per heavy atom. The van der Waals surface area contributed by atoms with Crippen molar-refractivity contribution in [1.29, 1.82) is 0 Å². The van der Waals surface area contributed by atoms with Gasteiger partial charge in [-0.05, 0) is 25.2 Å². The normalized spacial score (nSPS) is 15.5. The standard InChI is InChI=1S/C12H26N2O/c1-9(2)6-11(15)14-12(5,8-13)7-10(3)4/h9-10H,6-8,13H2,1-5H3,(H,14,15). The lowest BCUT2D eigenvalue weighted by atomic mass is 9.90. The van der Waals surface area contributed by atoms with Crippen LogP contribution in [0.25, 0.3) is 0 Å². The molecule has 0 saturated carbocycles. The Labute approximate surface area is 93.8 Å². The van der Waals surface area contributed by atoms with E-state index in [4.69, 9.17) is 5.73 Å². The molecule has 1 atom stereocenters. The van der Waals surface area contributed by atoms with Gasteiger partial charge >= 0.3 is 0 Å². The highest BCUT2D eigenvalue weighted by Crippen LogP contribution is 2.15. The van der Waals surface area contributed by atoms with Crippen molar-refractivity contribution in [3.8, 4) is 0 Å². The van der Waals surface area contributed by atoms with Gasteiger partial charge in [0.1, 0.15) is 0 Å². The number of rotatable bonds is 6. The zero-order valence-corrected chi connectivity index (χ0v) is 10.8. The van der Waals surface area contributed by atoms with Gasteiger partial charge in [0.25, 0.3) is 0 Å². The fourth-order valence-corrected chi connectivity index (χ4v) is 1.84. The predicted molar refractivity (Wildman–Crippen MR) is 64.5 cm³/mol. The Hall–Kier alpha value is -0.570. The first-order valence-corrected chi connectivity index (χ1v) is 5.80. The van der Waals surface area contributed by atoms with Gasteiger partial charge in [0.2, 0.25) is 5.91 Å². The minimum Gasteiger partial charge on any atom is -0.350 e. The predicted octanol–water partition coefficient (Wildman–Crippen LogP) is 1.91. The zero-order valence-electron chi connectivity index (χ0n) is 10.8. The summed E-state index contributed by atoms with van der Waals surface area (Å²) >= 11 is 0. The van der Waals surface area contributed by atoms with Crippen LogP contribution in [0.3, 0.4) is 0 Å². The van der Waals surface area contributed by atoms with E-state index in [1.807, 2.05) is 20.8 Å². The maximum atomic E-state index is 11.6. The summed E-state index contributed by atoms with van der Waals surface area (Å²) in [7, 11) is 0. The Morgan fingerprint density at radius 2 is 1.80 bits per heavy atom. The molecular formula is C12H26N2O. The molecule has 3 N–H and O–H groups in total. The molecule has 0 saturated heterocycles. The van der Waals surface area contributed by atoms with Crippen molar-refractivity contribution in [2.75, 3.05) is 6.54 Å². The molecule has 0 heterocycles. The number of hydrogen-bond donors (Lipinski definition) is 2. The van der Waals surface area contributed by atoms with Crippen molar-refractivity contribution in [3.63, 3.8) is 0 Å². The Bertz CT molecular complexity index is 202. The lowest BCUT2D eigenvalue weighted by molar-refractivity contribution is -0.123. The molecule has 1 amide bonds. The highest BCUT2D eigenvalue weighted by Gasteiger charge is 2.25. The monoisotopic (exact) mass is 214 g/mol. The second-order valence-electron chi connectivity index (χ2n) is 5.51. The van der Waals surface area contributed by atoms with E-state index >= 15 is 0 Å². The van der Waals surface area contributed by atoms with Gasteiger partial charge in [-0.2, -0.15) is 0 Å². The molecule has 0 aliphatic rings. The van der Waals surface area contributed by atoms with E-state index in [0.29, 0.717) is 24.8 Å². The molecule has 0 fully saturated rings. The number of amides is 1. The first kappa shape index (κ1) is 14.4. The van der Waals surface area contributed by atoms with Crippen LogP contribution in [0.15, 0.2) is 0 Å². The first-order chi connectivity index (χ1) is 6.79. The smallest absolute Gasteiger partial charge is 0.220 e. The van der Waals surface area contributed by atoms with Gasteiger partial charge in [-0.15, -0.1) is 0 Å². The van der Waals surface area contributed by atoms with Crippen LogP contribution in [0.4, 0.5) is 0 Å². The lowest BCUT2D eigenvalue weighted by Crippen LogP contribution is -2.52. The molecule has 0 aromatic carbocycles. The summed E-state index contributed by atoms with van der Waals surface area (Å²) < 4.78 is 0. The summed E-state index contributed by atoms with van der Waals surface area (Å²) in [6.45, 7) is 10.9. The highest BCUT2D eigenvalue weighted by atomic mass is 16.1. The molecule has 3 heteroatoms. The van der Waals surface area contributed by atoms with Gasteiger partial charge in [-0.3, -0.25) is 4.79 Å². The van der Waals surface area contributed by atoms with E-state index in [1.54, 1.807) is 0 Å². The van der Waals surface area contributed by atoms with Crippen LogP contribution in [0.5, 0.6) is 0 Å². The van der Waals surface area contributed by atoms with Gasteiger partial charge < -0.3 is 11.1 Å². The SMILES string of the molecule is CC(C)CC(=O)NC(C)(CN)CC(C)C. The lowest BCUT2D eigenvalue weighted by Gasteiger charge is -2.31. The van der Waals surface area contributed by atoms with E-state index in [-0.39, 0.29) is 11.4 Å². The fourth-order valence-electron chi connectivity index (χ4n) is 1.84. The van der Waals surface area contributed by atoms with Crippen molar-refractivity contribution >= 4 is 5.91 Å². The molecule has 0 aliphatic heterocycles. The second kappa shape index (κ2) is 6.11. The van der Waals surface area contributed by atoms with Gasteiger partial charge in [-0.1, -0.05) is 27.7 Å². The molecule has 3 nitrogen and oxygen atoms in total. The molecule has 0 rings (SSSR count). The molecule has 0 aromatic heterocycles. The summed E-state index contributed by atoms with van der Waals surface area (Å²) in [5, 5.41) is 3.04. The van der Waals surface area contributed by atoms with Gasteiger partial charge in [-0.25, -0.2) is 0 Å². The number of carbonyl (C=O) groups is 1. The number of nitrogens with two attached hydrogens (primary N) is 1. The van der Waals surface area contributed by atoms with Gasteiger partial charge in [0.05, 0.1) is 0 Å². The fraction of sp³-hybridized carbons (Fsp3) is 0.917. The van der Waals surface area contributed by atoms with Crippen molar-refractivity contribution in [2.45, 2.75) is 53.0 Å². The van der Waals surface area contributed by atoms with Crippen molar-refractivity contribution < 1.29 is 4.79 Å². The zero-order chi connectivity index (χ0) is 12.1. The van der Waals surface area contributed by atoms with E-state index in [9.17, 15) is 4.79 Å². The molecule has 0 aromatic rings. The maximum Gasteiger partial charge on any atom is 0.220 e. The molecule has 90 valence electrons. The van der Waals surface area contributed by atoms with Crippen LogP contribution in [0.2, 0.25) is 0 Å². The van der Waals surface area contributed by atoms with Crippen LogP contribution >= 0.6 is 0 Å². The first-order valence-electron chi connectivity index (χ1n) is 5.80. The average Bonchev–Trinajstić information content (AvgIpc) is 2.00. The van der Waals surface area contributed by atoms with Crippen LogP contribution < -0.4 is 11.1 Å². The van der Waals surface area contributed by atoms with E-state index in [1.165, 1.54) is 0 Å². The Morgan fingerprint density at radius 3 is 2.13 bits per heavy atom. The van der Waals surface area contributed by atoms with Crippen molar-refractivity contribution in [1.82, 2.24) is 5.32 Å². The summed E-state index contributed by atoms with van der Waals surface area (Å²) in [6.07, 6.45) is 1.50. The minimum atomic E-state index is -0.250. The van der Waals surface area contributed by atoms with Gasteiger partial charge in [0, 0.05) is 18.5 Å². The van der Waals surface area contributed by atoms with Gasteiger partial charge in [0.15, 0.2) is 0 Å². The molecule has 15 heavy (non-hydrogen) atoms. The average molecular weight is 214 g/mol. The minimum absolute atomic E-state index is 0.110. The third-order valence-corrected chi connectivity index (χ3v) is 2.34. The quantitative estimate of drug-likeness (QED) is 0.709. The summed E-state index contributed by atoms with van der Waals surface area (Å²) in [6, 6.07) is 0. The van der Waals surface area contributed by atoms with Crippen LogP contribution in [-0.4, -0.2) is 18.0 Å². The third-order valence-electron chi connectivity index (χ3n) is 2.34. The molecule has 0 bridgehead atoms. The molecule has 0 aliphatic carbocycles. The summed E-state index contributed by atoms with van der Waals surface area (Å²) in [4.78, 5) is 11.6. The Kier molecular flexibility index (Phi) is 5.88. The summed E-state index contributed by atoms with van der Waals surface area (Å²) in [5.41, 5.74) is 5.47. The molecule has 0 radical (unpaired) electrons. The maximum absolute atomic E-state index is 11.6. The highest BCUT2D eigenvalue weighted by molar-refractivity contribution is 5.76. The molecular weight excluding hydrogens is 188 g/mol. The topological polar surface area (TPSA) is 55.1 Å². The molecule has 1 unspecified atom stereocenters. The third kappa shape index (κ3) is 6.50. The Balaban J connectivity index is 4.24. The van der Waals surface area contributed by atoms with E-state index < -0.39 is 0 Å². The van der Waals surface area contributed by atoms with Crippen LogP contribution in [0.1, 0.15) is 47.5 Å². The van der Waals surface area contributed by atoms with Crippen LogP contribution in [0, 0.1) is 11.8 Å². The molecule has 0 spiro atoms. The van der Waals surface area contributed by atoms with E-state index in [2.05, 4.69) is 19.2 Å². The van der Waals surface area contributed by atoms with Crippen molar-refractivity contribution in [3.05, 3.63) is 0 Å². The summed E-state index contributed by atoms with van der Waals surface area (Å²) in [5.74, 6) is 1.04. The van der Waals surface area contributed by atoms with Crippen LogP contribution in [-0.2, 0) is 4.79 Å². The number of carbonyl (C=O) groups excluding carboxylic acids is 1. The largest absolute Gasteiger partial charge is 0.350 e.